The van der Waals surface area contributed by atoms with Gasteiger partial charge in [-0.05, 0) is 40.3 Å². The van der Waals surface area contributed by atoms with Crippen molar-refractivity contribution in [2.24, 2.45) is 0 Å². The van der Waals surface area contributed by atoms with Gasteiger partial charge in [-0.3, -0.25) is 4.90 Å². The summed E-state index contributed by atoms with van der Waals surface area (Å²) in [7, 11) is 4.68. The lowest BCUT2D eigenvalue weighted by atomic mass is 10.0. The summed E-state index contributed by atoms with van der Waals surface area (Å²) in [5.41, 5.74) is 0. The maximum atomic E-state index is 2.56. The van der Waals surface area contributed by atoms with Gasteiger partial charge < -0.3 is 4.48 Å². The Balaban J connectivity index is 2.48. The van der Waals surface area contributed by atoms with Gasteiger partial charge in [0.15, 0.2) is 0 Å². The lowest BCUT2D eigenvalue weighted by Gasteiger charge is -2.40. The quantitative estimate of drug-likeness (QED) is 0.626. The summed E-state index contributed by atoms with van der Waals surface area (Å²) < 4.78 is 1.23. The predicted molar refractivity (Wildman–Crippen MR) is 62.4 cm³/mol. The van der Waals surface area contributed by atoms with Crippen molar-refractivity contribution in [3.8, 4) is 0 Å². The molecule has 0 spiro atoms. The Morgan fingerprint density at radius 1 is 1.21 bits per heavy atom. The zero-order valence-corrected chi connectivity index (χ0v) is 10.4. The molecule has 1 heterocycles. The van der Waals surface area contributed by atoms with E-state index in [-0.39, 0.29) is 0 Å². The van der Waals surface area contributed by atoms with Crippen molar-refractivity contribution in [2.45, 2.75) is 39.2 Å². The number of rotatable bonds is 4. The number of likely N-dealkylation sites (tertiary alicyclic amines) is 1. The van der Waals surface area contributed by atoms with Gasteiger partial charge in [0, 0.05) is 0 Å². The first-order valence-corrected chi connectivity index (χ1v) is 6.15. The van der Waals surface area contributed by atoms with Crippen LogP contribution in [0.4, 0.5) is 0 Å². The number of quaternary nitrogens is 1. The Labute approximate surface area is 89.5 Å². The Hall–Kier alpha value is -0.0800. The van der Waals surface area contributed by atoms with Crippen LogP contribution in [0.2, 0.25) is 0 Å². The molecular formula is C12H27N2+. The van der Waals surface area contributed by atoms with Crippen LogP contribution in [0.3, 0.4) is 0 Å². The van der Waals surface area contributed by atoms with Crippen LogP contribution >= 0.6 is 0 Å². The smallest absolute Gasteiger partial charge is 0.0942 e. The molecule has 1 aliphatic rings. The van der Waals surface area contributed by atoms with Crippen LogP contribution in [-0.2, 0) is 0 Å². The first-order chi connectivity index (χ1) is 6.61. The van der Waals surface area contributed by atoms with E-state index in [1.807, 2.05) is 0 Å². The van der Waals surface area contributed by atoms with Crippen LogP contribution in [0, 0.1) is 0 Å². The second-order valence-electron chi connectivity index (χ2n) is 5.06. The van der Waals surface area contributed by atoms with Gasteiger partial charge in [-0.25, -0.2) is 0 Å². The van der Waals surface area contributed by atoms with Gasteiger partial charge in [0.2, 0.25) is 0 Å². The summed E-state index contributed by atoms with van der Waals surface area (Å²) in [6.07, 6.45) is 4.24. The fraction of sp³-hybridized carbons (Fsp3) is 1.00. The number of hydrogen-bond acceptors (Lipinski definition) is 1. The van der Waals surface area contributed by atoms with Crippen molar-refractivity contribution in [3.63, 3.8) is 0 Å². The molecule has 0 radical (unpaired) electrons. The third-order valence-corrected chi connectivity index (χ3v) is 4.10. The second-order valence-corrected chi connectivity index (χ2v) is 5.06. The summed E-state index contributed by atoms with van der Waals surface area (Å²) >= 11 is 0. The van der Waals surface area contributed by atoms with Gasteiger partial charge in [-0.15, -0.1) is 0 Å². The topological polar surface area (TPSA) is 3.24 Å². The molecule has 0 aliphatic carbocycles. The van der Waals surface area contributed by atoms with E-state index in [0.717, 1.165) is 6.04 Å². The molecule has 0 aromatic heterocycles. The molecule has 1 saturated heterocycles. The van der Waals surface area contributed by atoms with Crippen LogP contribution < -0.4 is 0 Å². The van der Waals surface area contributed by atoms with E-state index < -0.39 is 0 Å². The maximum absolute atomic E-state index is 2.56. The molecule has 0 aromatic rings. The molecule has 0 bridgehead atoms. The normalized spacial score (nSPS) is 25.3. The van der Waals surface area contributed by atoms with Gasteiger partial charge in [0.05, 0.1) is 32.7 Å². The molecule has 14 heavy (non-hydrogen) atoms. The van der Waals surface area contributed by atoms with Crippen LogP contribution in [0.1, 0.15) is 33.1 Å². The highest BCUT2D eigenvalue weighted by molar-refractivity contribution is 4.73. The van der Waals surface area contributed by atoms with Gasteiger partial charge in [0.1, 0.15) is 0 Å². The van der Waals surface area contributed by atoms with Crippen LogP contribution in [0.5, 0.6) is 0 Å². The molecule has 84 valence electrons. The molecule has 0 amide bonds. The zero-order valence-electron chi connectivity index (χ0n) is 10.4. The fourth-order valence-electron chi connectivity index (χ4n) is 2.37. The Morgan fingerprint density at radius 3 is 2.36 bits per heavy atom. The van der Waals surface area contributed by atoms with Crippen molar-refractivity contribution in [1.29, 1.82) is 0 Å². The van der Waals surface area contributed by atoms with E-state index in [2.05, 4.69) is 32.8 Å². The van der Waals surface area contributed by atoms with Gasteiger partial charge >= 0.3 is 0 Å². The second kappa shape index (κ2) is 5.13. The fourth-order valence-corrected chi connectivity index (χ4v) is 2.37. The minimum absolute atomic E-state index is 0.827. The Bertz CT molecular complexity index is 164. The highest BCUT2D eigenvalue weighted by Gasteiger charge is 2.27. The summed E-state index contributed by atoms with van der Waals surface area (Å²) in [6, 6.07) is 0.827. The number of piperidine rings is 1. The van der Waals surface area contributed by atoms with Crippen LogP contribution in [0.15, 0.2) is 0 Å². The minimum Gasteiger partial charge on any atom is -0.325 e. The Morgan fingerprint density at radius 2 is 1.86 bits per heavy atom. The SMILES string of the molecule is CC[N+](C)(CC)CC1CCCCN1C. The van der Waals surface area contributed by atoms with Gasteiger partial charge in [-0.1, -0.05) is 6.42 Å². The molecule has 0 N–H and O–H groups in total. The number of hydrogen-bond donors (Lipinski definition) is 0. The van der Waals surface area contributed by atoms with E-state index >= 15 is 0 Å². The van der Waals surface area contributed by atoms with Crippen molar-refractivity contribution >= 4 is 0 Å². The molecule has 1 fully saturated rings. The highest BCUT2D eigenvalue weighted by atomic mass is 15.3. The van der Waals surface area contributed by atoms with Crippen molar-refractivity contribution in [2.75, 3.05) is 40.3 Å². The molecule has 2 heteroatoms. The van der Waals surface area contributed by atoms with Crippen LogP contribution in [0.25, 0.3) is 0 Å². The molecule has 1 atom stereocenters. The third-order valence-electron chi connectivity index (χ3n) is 4.10. The summed E-state index contributed by atoms with van der Waals surface area (Å²) in [4.78, 5) is 2.56. The molecule has 1 rings (SSSR count). The van der Waals surface area contributed by atoms with E-state index in [9.17, 15) is 0 Å². The molecule has 2 nitrogen and oxygen atoms in total. The largest absolute Gasteiger partial charge is 0.325 e. The molecule has 1 aliphatic heterocycles. The molecule has 0 aromatic carbocycles. The van der Waals surface area contributed by atoms with Crippen molar-refractivity contribution < 1.29 is 4.48 Å². The standard InChI is InChI=1S/C12H27N2/c1-5-14(4,6-2)11-12-9-7-8-10-13(12)3/h12H,5-11H2,1-4H3/q+1. The summed E-state index contributed by atoms with van der Waals surface area (Å²) in [5.74, 6) is 0. The molecule has 0 saturated carbocycles. The monoisotopic (exact) mass is 199 g/mol. The van der Waals surface area contributed by atoms with E-state index in [0.29, 0.717) is 0 Å². The van der Waals surface area contributed by atoms with Crippen molar-refractivity contribution in [3.05, 3.63) is 0 Å². The van der Waals surface area contributed by atoms with Gasteiger partial charge in [0.25, 0.3) is 0 Å². The lowest BCUT2D eigenvalue weighted by molar-refractivity contribution is -0.908. The number of nitrogens with zero attached hydrogens (tertiary/aromatic N) is 2. The summed E-state index contributed by atoms with van der Waals surface area (Å²) in [6.45, 7) is 9.79. The average Bonchev–Trinajstić information content (AvgIpc) is 2.21. The third kappa shape index (κ3) is 2.96. The maximum Gasteiger partial charge on any atom is 0.0942 e. The van der Waals surface area contributed by atoms with Gasteiger partial charge in [-0.2, -0.15) is 0 Å². The average molecular weight is 199 g/mol. The minimum atomic E-state index is 0.827. The van der Waals surface area contributed by atoms with Crippen molar-refractivity contribution in [1.82, 2.24) is 4.90 Å². The molecule has 1 unspecified atom stereocenters. The first-order valence-electron chi connectivity index (χ1n) is 6.15. The molecular weight excluding hydrogens is 172 g/mol. The zero-order chi connectivity index (χ0) is 10.6. The Kier molecular flexibility index (Phi) is 4.39. The van der Waals surface area contributed by atoms with E-state index in [4.69, 9.17) is 0 Å². The first kappa shape index (κ1) is 12.0. The summed E-state index contributed by atoms with van der Waals surface area (Å²) in [5, 5.41) is 0. The number of likely N-dealkylation sites (N-methyl/N-ethyl adjacent to an activating group) is 2. The predicted octanol–water partition coefficient (Wildman–Crippen LogP) is 1.96. The van der Waals surface area contributed by atoms with Crippen LogP contribution in [-0.4, -0.2) is 55.7 Å². The van der Waals surface area contributed by atoms with E-state index in [1.165, 1.54) is 49.9 Å². The van der Waals surface area contributed by atoms with E-state index in [1.54, 1.807) is 0 Å². The lowest BCUT2D eigenvalue weighted by Crippen LogP contribution is -2.53. The highest BCUT2D eigenvalue weighted by Crippen LogP contribution is 2.18.